The van der Waals surface area contributed by atoms with Crippen molar-refractivity contribution in [1.82, 2.24) is 4.98 Å². The van der Waals surface area contributed by atoms with E-state index in [1.165, 1.54) is 5.56 Å². The van der Waals surface area contributed by atoms with Gasteiger partial charge in [-0.1, -0.05) is 6.07 Å². The Balaban J connectivity index is 1.79. The molecule has 1 atom stereocenters. The van der Waals surface area contributed by atoms with Crippen molar-refractivity contribution in [3.8, 4) is 11.5 Å². The summed E-state index contributed by atoms with van der Waals surface area (Å²) in [6, 6.07) is 13.1. The van der Waals surface area contributed by atoms with Crippen LogP contribution in [-0.4, -0.2) is 24.1 Å². The van der Waals surface area contributed by atoms with Gasteiger partial charge in [-0.25, -0.2) is 0 Å². The number of fused-ring (bicyclic) bond motifs is 1. The molecule has 3 aromatic rings. The summed E-state index contributed by atoms with van der Waals surface area (Å²) in [7, 11) is 1.60. The number of hydrogen-bond acceptors (Lipinski definition) is 4. The van der Waals surface area contributed by atoms with Crippen molar-refractivity contribution in [3.63, 3.8) is 0 Å². The van der Waals surface area contributed by atoms with E-state index in [0.29, 0.717) is 22.7 Å². The van der Waals surface area contributed by atoms with Crippen molar-refractivity contribution in [2.45, 2.75) is 26.9 Å². The van der Waals surface area contributed by atoms with Crippen molar-refractivity contribution in [2.24, 2.45) is 0 Å². The van der Waals surface area contributed by atoms with Crippen LogP contribution in [-0.2, 0) is 4.79 Å². The SMILES string of the molecule is COc1ccc(NC(=O)[C@@H](C)Oc2ccc(C)c(C)c2)c2cccnc12. The van der Waals surface area contributed by atoms with E-state index in [2.05, 4.69) is 10.3 Å². The molecule has 26 heavy (non-hydrogen) atoms. The Labute approximate surface area is 153 Å². The fraction of sp³-hybridized carbons (Fsp3) is 0.238. The number of aromatic nitrogens is 1. The molecule has 5 heteroatoms. The first-order chi connectivity index (χ1) is 12.5. The second kappa shape index (κ2) is 7.44. The number of rotatable bonds is 5. The second-order valence-electron chi connectivity index (χ2n) is 6.21. The largest absolute Gasteiger partial charge is 0.494 e. The molecule has 0 bridgehead atoms. The van der Waals surface area contributed by atoms with Crippen LogP contribution in [0.25, 0.3) is 10.9 Å². The van der Waals surface area contributed by atoms with Gasteiger partial charge in [-0.15, -0.1) is 0 Å². The van der Waals surface area contributed by atoms with Crippen LogP contribution in [0.15, 0.2) is 48.7 Å². The third-order valence-electron chi connectivity index (χ3n) is 4.37. The lowest BCUT2D eigenvalue weighted by Crippen LogP contribution is -2.30. The quantitative estimate of drug-likeness (QED) is 0.747. The summed E-state index contributed by atoms with van der Waals surface area (Å²) < 4.78 is 11.1. The first kappa shape index (κ1) is 17.7. The maximum atomic E-state index is 12.6. The highest BCUT2D eigenvalue weighted by Gasteiger charge is 2.17. The lowest BCUT2D eigenvalue weighted by atomic mass is 10.1. The van der Waals surface area contributed by atoms with Crippen LogP contribution in [0, 0.1) is 13.8 Å². The van der Waals surface area contributed by atoms with Crippen LogP contribution in [0.5, 0.6) is 11.5 Å². The molecule has 1 N–H and O–H groups in total. The monoisotopic (exact) mass is 350 g/mol. The van der Waals surface area contributed by atoms with Crippen LogP contribution in [0.3, 0.4) is 0 Å². The standard InChI is InChI=1S/C21H22N2O3/c1-13-7-8-16(12-14(13)2)26-15(3)21(24)23-18-9-10-19(25-4)20-17(18)6-5-11-22-20/h5-12,15H,1-4H3,(H,23,24)/t15-/m1/s1. The Morgan fingerprint density at radius 3 is 2.65 bits per heavy atom. The average Bonchev–Trinajstić information content (AvgIpc) is 2.65. The van der Waals surface area contributed by atoms with E-state index in [1.54, 1.807) is 26.3 Å². The Bertz CT molecular complexity index is 953. The van der Waals surface area contributed by atoms with Gasteiger partial charge in [0.15, 0.2) is 6.10 Å². The fourth-order valence-corrected chi connectivity index (χ4v) is 2.70. The fourth-order valence-electron chi connectivity index (χ4n) is 2.70. The van der Waals surface area contributed by atoms with E-state index < -0.39 is 6.10 Å². The van der Waals surface area contributed by atoms with Crippen LogP contribution in [0.2, 0.25) is 0 Å². The van der Waals surface area contributed by atoms with Gasteiger partial charge in [0.2, 0.25) is 0 Å². The Morgan fingerprint density at radius 1 is 1.12 bits per heavy atom. The van der Waals surface area contributed by atoms with Gasteiger partial charge < -0.3 is 14.8 Å². The third kappa shape index (κ3) is 3.61. The lowest BCUT2D eigenvalue weighted by Gasteiger charge is -2.17. The number of anilines is 1. The summed E-state index contributed by atoms with van der Waals surface area (Å²) in [6.45, 7) is 5.79. The van der Waals surface area contributed by atoms with E-state index in [0.717, 1.165) is 10.9 Å². The number of hydrogen-bond donors (Lipinski definition) is 1. The summed E-state index contributed by atoms with van der Waals surface area (Å²) in [5, 5.41) is 3.74. The predicted octanol–water partition coefficient (Wildman–Crippen LogP) is 4.27. The van der Waals surface area contributed by atoms with E-state index in [9.17, 15) is 4.79 Å². The minimum atomic E-state index is -0.633. The molecule has 2 aromatic carbocycles. The van der Waals surface area contributed by atoms with Gasteiger partial charge in [0.1, 0.15) is 17.0 Å². The number of carbonyl (C=O) groups is 1. The van der Waals surface area contributed by atoms with E-state index in [4.69, 9.17) is 9.47 Å². The highest BCUT2D eigenvalue weighted by atomic mass is 16.5. The minimum absolute atomic E-state index is 0.224. The summed E-state index contributed by atoms with van der Waals surface area (Å²) in [6.07, 6.45) is 1.06. The number of amides is 1. The molecule has 0 spiro atoms. The van der Waals surface area contributed by atoms with Gasteiger partial charge in [0, 0.05) is 11.6 Å². The van der Waals surface area contributed by atoms with E-state index in [1.807, 2.05) is 50.2 Å². The summed E-state index contributed by atoms with van der Waals surface area (Å²) in [5.41, 5.74) is 3.69. The number of carbonyl (C=O) groups excluding carboxylic acids is 1. The molecule has 3 rings (SSSR count). The predicted molar refractivity (Wildman–Crippen MR) is 103 cm³/mol. The highest BCUT2D eigenvalue weighted by Crippen LogP contribution is 2.30. The summed E-state index contributed by atoms with van der Waals surface area (Å²) in [4.78, 5) is 16.9. The van der Waals surface area contributed by atoms with Crippen LogP contribution < -0.4 is 14.8 Å². The van der Waals surface area contributed by atoms with E-state index in [-0.39, 0.29) is 5.91 Å². The molecule has 0 saturated heterocycles. The summed E-state index contributed by atoms with van der Waals surface area (Å²) >= 11 is 0. The Hall–Kier alpha value is -3.08. The molecule has 1 heterocycles. The first-order valence-electron chi connectivity index (χ1n) is 8.46. The zero-order chi connectivity index (χ0) is 18.7. The second-order valence-corrected chi connectivity index (χ2v) is 6.21. The highest BCUT2D eigenvalue weighted by molar-refractivity contribution is 6.04. The molecule has 5 nitrogen and oxygen atoms in total. The van der Waals surface area contributed by atoms with Crippen molar-refractivity contribution in [1.29, 1.82) is 0 Å². The number of nitrogens with one attached hydrogen (secondary N) is 1. The van der Waals surface area contributed by atoms with Crippen molar-refractivity contribution in [3.05, 3.63) is 59.8 Å². The first-order valence-corrected chi connectivity index (χ1v) is 8.46. The van der Waals surface area contributed by atoms with Gasteiger partial charge in [0.25, 0.3) is 5.91 Å². The van der Waals surface area contributed by atoms with Crippen molar-refractivity contribution >= 4 is 22.5 Å². The molecule has 0 aliphatic rings. The molecule has 1 aromatic heterocycles. The lowest BCUT2D eigenvalue weighted by molar-refractivity contribution is -0.122. The smallest absolute Gasteiger partial charge is 0.265 e. The number of methoxy groups -OCH3 is 1. The molecule has 0 radical (unpaired) electrons. The van der Waals surface area contributed by atoms with Crippen molar-refractivity contribution in [2.75, 3.05) is 12.4 Å². The number of nitrogens with zero attached hydrogens (tertiary/aromatic N) is 1. The van der Waals surface area contributed by atoms with E-state index >= 15 is 0 Å². The number of ether oxygens (including phenoxy) is 2. The molecule has 0 saturated carbocycles. The minimum Gasteiger partial charge on any atom is -0.494 e. The maximum absolute atomic E-state index is 12.6. The topological polar surface area (TPSA) is 60.5 Å². The van der Waals surface area contributed by atoms with Gasteiger partial charge in [0.05, 0.1) is 12.8 Å². The number of benzene rings is 2. The maximum Gasteiger partial charge on any atom is 0.265 e. The third-order valence-corrected chi connectivity index (χ3v) is 4.37. The van der Waals surface area contributed by atoms with Gasteiger partial charge in [-0.2, -0.15) is 0 Å². The molecular weight excluding hydrogens is 328 g/mol. The molecular formula is C21H22N2O3. The molecule has 0 fully saturated rings. The van der Waals surface area contributed by atoms with Crippen LogP contribution in [0.1, 0.15) is 18.1 Å². The molecule has 134 valence electrons. The van der Waals surface area contributed by atoms with Gasteiger partial charge in [-0.3, -0.25) is 9.78 Å². The molecule has 0 unspecified atom stereocenters. The zero-order valence-electron chi connectivity index (χ0n) is 15.4. The van der Waals surface area contributed by atoms with Crippen molar-refractivity contribution < 1.29 is 14.3 Å². The van der Waals surface area contributed by atoms with Gasteiger partial charge in [-0.05, 0) is 68.3 Å². The Morgan fingerprint density at radius 2 is 1.92 bits per heavy atom. The normalized spacial score (nSPS) is 11.8. The molecule has 0 aliphatic heterocycles. The molecule has 1 amide bonds. The number of pyridine rings is 1. The van der Waals surface area contributed by atoms with Crippen LogP contribution in [0.4, 0.5) is 5.69 Å². The average molecular weight is 350 g/mol. The zero-order valence-corrected chi connectivity index (χ0v) is 15.4. The molecule has 0 aliphatic carbocycles. The number of aryl methyl sites for hydroxylation is 2. The van der Waals surface area contributed by atoms with Gasteiger partial charge >= 0.3 is 0 Å². The van der Waals surface area contributed by atoms with Crippen LogP contribution >= 0.6 is 0 Å². The Kier molecular flexibility index (Phi) is 5.07. The summed E-state index contributed by atoms with van der Waals surface area (Å²) in [5.74, 6) is 1.12.